The fourth-order valence-corrected chi connectivity index (χ4v) is 3.76. The third-order valence-electron chi connectivity index (χ3n) is 5.12. The summed E-state index contributed by atoms with van der Waals surface area (Å²) in [7, 11) is 0. The topological polar surface area (TPSA) is 70.2 Å². The lowest BCUT2D eigenvalue weighted by Crippen LogP contribution is -2.51. The van der Waals surface area contributed by atoms with Gasteiger partial charge in [0.05, 0.1) is 6.04 Å². The molecule has 1 fully saturated rings. The van der Waals surface area contributed by atoms with E-state index in [4.69, 9.17) is 0 Å². The van der Waals surface area contributed by atoms with E-state index in [0.29, 0.717) is 0 Å². The van der Waals surface area contributed by atoms with Crippen LogP contribution >= 0.6 is 0 Å². The molecule has 0 radical (unpaired) electrons. The van der Waals surface area contributed by atoms with E-state index in [1.807, 2.05) is 12.1 Å². The van der Waals surface area contributed by atoms with Gasteiger partial charge in [-0.2, -0.15) is 0 Å². The number of amides is 3. The minimum atomic E-state index is -0.541. The summed E-state index contributed by atoms with van der Waals surface area (Å²) in [5.41, 5.74) is 2.52. The number of carbonyl (C=O) groups excluding carboxylic acids is 2. The SMILES string of the molecule is CC(NC(=O)NC1CCCC1)C(=O)NC1CCCc2ccccc21. The largest absolute Gasteiger partial charge is 0.348 e. The maximum Gasteiger partial charge on any atom is 0.315 e. The van der Waals surface area contributed by atoms with Crippen molar-refractivity contribution >= 4 is 11.9 Å². The van der Waals surface area contributed by atoms with Crippen LogP contribution in [-0.2, 0) is 11.2 Å². The lowest BCUT2D eigenvalue weighted by Gasteiger charge is -2.27. The molecule has 3 rings (SSSR count). The van der Waals surface area contributed by atoms with Gasteiger partial charge in [-0.1, -0.05) is 37.1 Å². The lowest BCUT2D eigenvalue weighted by molar-refractivity contribution is -0.123. The zero-order valence-electron chi connectivity index (χ0n) is 14.3. The normalized spacial score (nSPS) is 21.6. The van der Waals surface area contributed by atoms with Crippen LogP contribution in [0.3, 0.4) is 0 Å². The summed E-state index contributed by atoms with van der Waals surface area (Å²) in [6, 6.07) is 7.79. The molecular weight excluding hydrogens is 302 g/mol. The molecule has 3 N–H and O–H groups in total. The number of fused-ring (bicyclic) bond motifs is 1. The van der Waals surface area contributed by atoms with E-state index < -0.39 is 6.04 Å². The Morgan fingerprint density at radius 3 is 2.58 bits per heavy atom. The molecule has 2 unspecified atom stereocenters. The summed E-state index contributed by atoms with van der Waals surface area (Å²) in [6.07, 6.45) is 7.50. The molecule has 1 aromatic rings. The Balaban J connectivity index is 1.52. The van der Waals surface area contributed by atoms with Crippen LogP contribution < -0.4 is 16.0 Å². The van der Waals surface area contributed by atoms with Crippen LogP contribution in [-0.4, -0.2) is 24.0 Å². The average molecular weight is 329 g/mol. The smallest absolute Gasteiger partial charge is 0.315 e. The molecule has 130 valence electrons. The predicted octanol–water partition coefficient (Wildman–Crippen LogP) is 2.81. The Labute approximate surface area is 143 Å². The monoisotopic (exact) mass is 329 g/mol. The van der Waals surface area contributed by atoms with Crippen LogP contribution in [0.2, 0.25) is 0 Å². The molecule has 0 spiro atoms. The summed E-state index contributed by atoms with van der Waals surface area (Å²) in [5.74, 6) is -0.127. The third-order valence-corrected chi connectivity index (χ3v) is 5.12. The molecule has 1 saturated carbocycles. The zero-order chi connectivity index (χ0) is 16.9. The van der Waals surface area contributed by atoms with E-state index in [0.717, 1.165) is 32.1 Å². The van der Waals surface area contributed by atoms with E-state index in [2.05, 4.69) is 28.1 Å². The second kappa shape index (κ2) is 7.69. The highest BCUT2D eigenvalue weighted by atomic mass is 16.2. The highest BCUT2D eigenvalue weighted by molar-refractivity contribution is 5.87. The standard InChI is InChI=1S/C19H27N3O2/c1-13(20-19(24)21-15-9-3-4-10-15)18(23)22-17-12-6-8-14-7-2-5-11-16(14)17/h2,5,7,11,13,15,17H,3-4,6,8-10,12H2,1H3,(H,22,23)(H2,20,21,24). The number of carbonyl (C=O) groups is 2. The van der Waals surface area contributed by atoms with E-state index in [9.17, 15) is 9.59 Å². The lowest BCUT2D eigenvalue weighted by atomic mass is 9.87. The third kappa shape index (κ3) is 4.08. The number of benzene rings is 1. The molecule has 5 nitrogen and oxygen atoms in total. The highest BCUT2D eigenvalue weighted by Crippen LogP contribution is 2.29. The molecular formula is C19H27N3O2. The Bertz CT molecular complexity index is 596. The number of aryl methyl sites for hydroxylation is 1. The molecule has 1 aromatic carbocycles. The van der Waals surface area contributed by atoms with Crippen molar-refractivity contribution in [1.29, 1.82) is 0 Å². The number of urea groups is 1. The molecule has 0 bridgehead atoms. The maximum atomic E-state index is 12.4. The first-order valence-corrected chi connectivity index (χ1v) is 9.08. The number of hydrogen-bond donors (Lipinski definition) is 3. The molecule has 2 atom stereocenters. The molecule has 2 aliphatic rings. The Hall–Kier alpha value is -2.04. The Morgan fingerprint density at radius 1 is 1.04 bits per heavy atom. The summed E-state index contributed by atoms with van der Waals surface area (Å²) >= 11 is 0. The number of nitrogens with one attached hydrogen (secondary N) is 3. The van der Waals surface area contributed by atoms with Crippen LogP contribution in [0.4, 0.5) is 4.79 Å². The molecule has 0 aliphatic heterocycles. The first-order chi connectivity index (χ1) is 11.6. The molecule has 0 saturated heterocycles. The van der Waals surface area contributed by atoms with Gasteiger partial charge in [-0.05, 0) is 50.2 Å². The quantitative estimate of drug-likeness (QED) is 0.795. The number of rotatable bonds is 4. The molecule has 0 aromatic heterocycles. The van der Waals surface area contributed by atoms with E-state index in [-0.39, 0.29) is 24.0 Å². The summed E-state index contributed by atoms with van der Waals surface area (Å²) < 4.78 is 0. The van der Waals surface area contributed by atoms with E-state index in [1.54, 1.807) is 6.92 Å². The van der Waals surface area contributed by atoms with Crippen LogP contribution in [0.5, 0.6) is 0 Å². The molecule has 5 heteroatoms. The van der Waals surface area contributed by atoms with Crippen LogP contribution in [0.25, 0.3) is 0 Å². The Morgan fingerprint density at radius 2 is 1.79 bits per heavy atom. The van der Waals surface area contributed by atoms with Gasteiger partial charge in [-0.3, -0.25) is 4.79 Å². The van der Waals surface area contributed by atoms with Crippen LogP contribution in [0, 0.1) is 0 Å². The van der Waals surface area contributed by atoms with Crippen LogP contribution in [0.1, 0.15) is 62.6 Å². The summed E-state index contributed by atoms with van der Waals surface area (Å²) in [5, 5.41) is 8.80. The summed E-state index contributed by atoms with van der Waals surface area (Å²) in [6.45, 7) is 1.73. The van der Waals surface area contributed by atoms with Crippen molar-refractivity contribution in [2.45, 2.75) is 70.0 Å². The van der Waals surface area contributed by atoms with Gasteiger partial charge in [-0.25, -0.2) is 4.79 Å². The Kier molecular flexibility index (Phi) is 5.38. The minimum Gasteiger partial charge on any atom is -0.348 e. The maximum absolute atomic E-state index is 12.4. The van der Waals surface area contributed by atoms with Crippen molar-refractivity contribution in [1.82, 2.24) is 16.0 Å². The van der Waals surface area contributed by atoms with Gasteiger partial charge in [-0.15, -0.1) is 0 Å². The van der Waals surface area contributed by atoms with Crippen molar-refractivity contribution in [3.8, 4) is 0 Å². The van der Waals surface area contributed by atoms with Crippen molar-refractivity contribution in [3.63, 3.8) is 0 Å². The van der Waals surface area contributed by atoms with Gasteiger partial charge in [0.1, 0.15) is 6.04 Å². The second-order valence-corrected chi connectivity index (χ2v) is 6.97. The van der Waals surface area contributed by atoms with Crippen molar-refractivity contribution in [3.05, 3.63) is 35.4 Å². The van der Waals surface area contributed by atoms with Gasteiger partial charge in [0.15, 0.2) is 0 Å². The van der Waals surface area contributed by atoms with Gasteiger partial charge < -0.3 is 16.0 Å². The highest BCUT2D eigenvalue weighted by Gasteiger charge is 2.25. The predicted molar refractivity (Wildman–Crippen MR) is 93.6 cm³/mol. The molecule has 0 heterocycles. The van der Waals surface area contributed by atoms with Gasteiger partial charge in [0.2, 0.25) is 5.91 Å². The van der Waals surface area contributed by atoms with Gasteiger partial charge in [0, 0.05) is 6.04 Å². The van der Waals surface area contributed by atoms with Gasteiger partial charge in [0.25, 0.3) is 0 Å². The first kappa shape index (κ1) is 16.8. The minimum absolute atomic E-state index is 0.0459. The van der Waals surface area contributed by atoms with Crippen molar-refractivity contribution < 1.29 is 9.59 Å². The average Bonchev–Trinajstić information content (AvgIpc) is 3.08. The molecule has 2 aliphatic carbocycles. The van der Waals surface area contributed by atoms with E-state index >= 15 is 0 Å². The first-order valence-electron chi connectivity index (χ1n) is 9.08. The zero-order valence-corrected chi connectivity index (χ0v) is 14.3. The summed E-state index contributed by atoms with van der Waals surface area (Å²) in [4.78, 5) is 24.4. The second-order valence-electron chi connectivity index (χ2n) is 6.97. The van der Waals surface area contributed by atoms with Crippen LogP contribution in [0.15, 0.2) is 24.3 Å². The number of hydrogen-bond acceptors (Lipinski definition) is 2. The van der Waals surface area contributed by atoms with Crippen molar-refractivity contribution in [2.75, 3.05) is 0 Å². The van der Waals surface area contributed by atoms with Crippen molar-refractivity contribution in [2.24, 2.45) is 0 Å². The van der Waals surface area contributed by atoms with E-state index in [1.165, 1.54) is 24.0 Å². The molecule has 24 heavy (non-hydrogen) atoms. The van der Waals surface area contributed by atoms with Gasteiger partial charge >= 0.3 is 6.03 Å². The molecule has 3 amide bonds. The fraction of sp³-hybridized carbons (Fsp3) is 0.579. The fourth-order valence-electron chi connectivity index (χ4n) is 3.76.